The first-order valence-corrected chi connectivity index (χ1v) is 6.99. The Morgan fingerprint density at radius 2 is 1.80 bits per heavy atom. The number of hydrogen-bond acceptors (Lipinski definition) is 4. The third kappa shape index (κ3) is 3.70. The molecular formula is C16H22N4. The normalized spacial score (nSPS) is 12.4. The fourth-order valence-corrected chi connectivity index (χ4v) is 1.99. The molecule has 4 nitrogen and oxygen atoms in total. The highest BCUT2D eigenvalue weighted by Crippen LogP contribution is 2.18. The zero-order valence-electron chi connectivity index (χ0n) is 12.3. The Balaban J connectivity index is 2.04. The van der Waals surface area contributed by atoms with Crippen LogP contribution in [0.15, 0.2) is 36.4 Å². The zero-order chi connectivity index (χ0) is 14.5. The van der Waals surface area contributed by atoms with Gasteiger partial charge in [-0.25, -0.2) is 9.97 Å². The van der Waals surface area contributed by atoms with Gasteiger partial charge in [-0.3, -0.25) is 0 Å². The molecule has 20 heavy (non-hydrogen) atoms. The summed E-state index contributed by atoms with van der Waals surface area (Å²) in [6.07, 6.45) is 0. The zero-order valence-corrected chi connectivity index (χ0v) is 12.3. The van der Waals surface area contributed by atoms with E-state index in [-0.39, 0.29) is 5.92 Å². The molecule has 1 heterocycles. The van der Waals surface area contributed by atoms with Crippen molar-refractivity contribution in [3.63, 3.8) is 0 Å². The van der Waals surface area contributed by atoms with Crippen LogP contribution < -0.4 is 11.1 Å². The Labute approximate surface area is 120 Å². The average Bonchev–Trinajstić information content (AvgIpc) is 2.45. The molecule has 1 aromatic carbocycles. The van der Waals surface area contributed by atoms with E-state index in [0.29, 0.717) is 11.7 Å². The molecule has 0 aliphatic carbocycles. The van der Waals surface area contributed by atoms with Crippen molar-refractivity contribution in [2.45, 2.75) is 32.6 Å². The van der Waals surface area contributed by atoms with E-state index in [2.05, 4.69) is 60.3 Å². The van der Waals surface area contributed by atoms with Gasteiger partial charge in [-0.15, -0.1) is 0 Å². The summed E-state index contributed by atoms with van der Waals surface area (Å²) in [5, 5.41) is 3.35. The molecule has 0 aliphatic rings. The fraction of sp³-hybridized carbons (Fsp3) is 0.375. The minimum absolute atomic E-state index is 0.269. The van der Waals surface area contributed by atoms with Gasteiger partial charge in [0.25, 0.3) is 0 Å². The molecular weight excluding hydrogens is 248 g/mol. The standard InChI is InChI=1S/C16H22N4/c1-11(2)16-19-14(17)9-15(20-16)18-10-12(3)13-7-5-4-6-8-13/h4-9,11-12H,10H2,1-3H3,(H3,17,18,19,20). The summed E-state index contributed by atoms with van der Waals surface area (Å²) in [6, 6.07) is 12.2. The molecule has 1 atom stereocenters. The van der Waals surface area contributed by atoms with Crippen LogP contribution in [0.2, 0.25) is 0 Å². The largest absolute Gasteiger partial charge is 0.384 e. The fourth-order valence-electron chi connectivity index (χ4n) is 1.99. The highest BCUT2D eigenvalue weighted by Gasteiger charge is 2.08. The second kappa shape index (κ2) is 6.37. The summed E-state index contributed by atoms with van der Waals surface area (Å²) in [7, 11) is 0. The maximum atomic E-state index is 5.82. The second-order valence-electron chi connectivity index (χ2n) is 5.38. The number of nitrogens with two attached hydrogens (primary N) is 1. The van der Waals surface area contributed by atoms with Crippen molar-refractivity contribution < 1.29 is 0 Å². The van der Waals surface area contributed by atoms with Crippen LogP contribution in [0.25, 0.3) is 0 Å². The van der Waals surface area contributed by atoms with Gasteiger partial charge in [0.2, 0.25) is 0 Å². The molecule has 0 saturated carbocycles. The lowest BCUT2D eigenvalue weighted by atomic mass is 10.0. The monoisotopic (exact) mass is 270 g/mol. The van der Waals surface area contributed by atoms with E-state index in [4.69, 9.17) is 5.73 Å². The summed E-state index contributed by atoms with van der Waals surface area (Å²) in [4.78, 5) is 8.74. The lowest BCUT2D eigenvalue weighted by molar-refractivity contribution is 0.767. The Hall–Kier alpha value is -2.10. The Morgan fingerprint density at radius 1 is 1.10 bits per heavy atom. The number of rotatable bonds is 5. The molecule has 106 valence electrons. The topological polar surface area (TPSA) is 63.8 Å². The molecule has 0 radical (unpaired) electrons. The number of nitrogens with zero attached hydrogens (tertiary/aromatic N) is 2. The molecule has 1 aromatic heterocycles. The quantitative estimate of drug-likeness (QED) is 0.874. The van der Waals surface area contributed by atoms with Gasteiger partial charge in [0, 0.05) is 18.5 Å². The van der Waals surface area contributed by atoms with Crippen LogP contribution in [0.5, 0.6) is 0 Å². The Bertz CT molecular complexity index is 552. The van der Waals surface area contributed by atoms with Crippen LogP contribution in [0.3, 0.4) is 0 Å². The van der Waals surface area contributed by atoms with Crippen LogP contribution in [-0.2, 0) is 0 Å². The van der Waals surface area contributed by atoms with E-state index in [1.54, 1.807) is 6.07 Å². The number of nitrogen functional groups attached to an aromatic ring is 1. The van der Waals surface area contributed by atoms with Crippen LogP contribution in [0, 0.1) is 0 Å². The first-order valence-electron chi connectivity index (χ1n) is 6.99. The summed E-state index contributed by atoms with van der Waals surface area (Å²) < 4.78 is 0. The molecule has 0 saturated heterocycles. The third-order valence-electron chi connectivity index (χ3n) is 3.24. The molecule has 2 aromatic rings. The highest BCUT2D eigenvalue weighted by atomic mass is 15.0. The molecule has 3 N–H and O–H groups in total. The first kappa shape index (κ1) is 14.3. The molecule has 0 aliphatic heterocycles. The SMILES string of the molecule is CC(C)c1nc(N)cc(NCC(C)c2ccccc2)n1. The van der Waals surface area contributed by atoms with Crippen molar-refractivity contribution in [3.05, 3.63) is 47.8 Å². The first-order chi connectivity index (χ1) is 9.56. The van der Waals surface area contributed by atoms with Gasteiger partial charge in [-0.2, -0.15) is 0 Å². The maximum Gasteiger partial charge on any atom is 0.135 e. The third-order valence-corrected chi connectivity index (χ3v) is 3.24. The van der Waals surface area contributed by atoms with E-state index in [1.807, 2.05) is 6.07 Å². The number of benzene rings is 1. The predicted molar refractivity (Wildman–Crippen MR) is 83.9 cm³/mol. The van der Waals surface area contributed by atoms with E-state index < -0.39 is 0 Å². The number of nitrogens with one attached hydrogen (secondary N) is 1. The van der Waals surface area contributed by atoms with Crippen molar-refractivity contribution >= 4 is 11.6 Å². The minimum atomic E-state index is 0.269. The molecule has 1 unspecified atom stereocenters. The summed E-state index contributed by atoms with van der Waals surface area (Å²) in [5.74, 6) is 2.77. The molecule has 0 amide bonds. The summed E-state index contributed by atoms with van der Waals surface area (Å²) in [6.45, 7) is 7.13. The predicted octanol–water partition coefficient (Wildman–Crippen LogP) is 3.40. The van der Waals surface area contributed by atoms with Crippen LogP contribution in [0.1, 0.15) is 44.0 Å². The van der Waals surface area contributed by atoms with Crippen molar-refractivity contribution in [1.82, 2.24) is 9.97 Å². The number of aromatic nitrogens is 2. The van der Waals surface area contributed by atoms with Gasteiger partial charge >= 0.3 is 0 Å². The lowest BCUT2D eigenvalue weighted by Crippen LogP contribution is -2.13. The Kier molecular flexibility index (Phi) is 4.56. The maximum absolute atomic E-state index is 5.82. The van der Waals surface area contributed by atoms with Crippen LogP contribution in [0.4, 0.5) is 11.6 Å². The van der Waals surface area contributed by atoms with E-state index >= 15 is 0 Å². The second-order valence-corrected chi connectivity index (χ2v) is 5.38. The number of anilines is 2. The van der Waals surface area contributed by atoms with Gasteiger partial charge in [0.1, 0.15) is 17.5 Å². The minimum Gasteiger partial charge on any atom is -0.384 e. The van der Waals surface area contributed by atoms with E-state index in [0.717, 1.165) is 18.2 Å². The molecule has 2 rings (SSSR count). The van der Waals surface area contributed by atoms with Gasteiger partial charge in [0.05, 0.1) is 0 Å². The molecule has 0 bridgehead atoms. The van der Waals surface area contributed by atoms with Crippen molar-refractivity contribution in [2.24, 2.45) is 0 Å². The van der Waals surface area contributed by atoms with Gasteiger partial charge < -0.3 is 11.1 Å². The number of hydrogen-bond donors (Lipinski definition) is 2. The molecule has 4 heteroatoms. The highest BCUT2D eigenvalue weighted by molar-refractivity contribution is 5.45. The smallest absolute Gasteiger partial charge is 0.135 e. The van der Waals surface area contributed by atoms with Crippen molar-refractivity contribution in [1.29, 1.82) is 0 Å². The average molecular weight is 270 g/mol. The van der Waals surface area contributed by atoms with Crippen LogP contribution in [-0.4, -0.2) is 16.5 Å². The lowest BCUT2D eigenvalue weighted by Gasteiger charge is -2.14. The van der Waals surface area contributed by atoms with Gasteiger partial charge in [0.15, 0.2) is 0 Å². The summed E-state index contributed by atoms with van der Waals surface area (Å²) >= 11 is 0. The van der Waals surface area contributed by atoms with Gasteiger partial charge in [-0.1, -0.05) is 51.1 Å². The van der Waals surface area contributed by atoms with E-state index in [1.165, 1.54) is 5.56 Å². The van der Waals surface area contributed by atoms with Gasteiger partial charge in [-0.05, 0) is 11.5 Å². The summed E-state index contributed by atoms with van der Waals surface area (Å²) in [5.41, 5.74) is 7.13. The molecule has 0 fully saturated rings. The Morgan fingerprint density at radius 3 is 2.45 bits per heavy atom. The van der Waals surface area contributed by atoms with Crippen molar-refractivity contribution in [3.8, 4) is 0 Å². The molecule has 0 spiro atoms. The van der Waals surface area contributed by atoms with E-state index in [9.17, 15) is 0 Å². The van der Waals surface area contributed by atoms with Crippen LogP contribution >= 0.6 is 0 Å². The van der Waals surface area contributed by atoms with Crippen molar-refractivity contribution in [2.75, 3.05) is 17.6 Å².